The molecule has 4 heteroatoms. The molecule has 0 atom stereocenters. The zero-order valence-electron chi connectivity index (χ0n) is 11.8. The van der Waals surface area contributed by atoms with Crippen LogP contribution in [0.5, 0.6) is 11.5 Å². The lowest BCUT2D eigenvalue weighted by Gasteiger charge is -2.10. The zero-order valence-corrected chi connectivity index (χ0v) is 11.8. The van der Waals surface area contributed by atoms with Crippen LogP contribution in [0, 0.1) is 6.92 Å². The second kappa shape index (κ2) is 5.65. The van der Waals surface area contributed by atoms with Gasteiger partial charge in [0.15, 0.2) is 5.78 Å². The first-order valence-corrected chi connectivity index (χ1v) is 6.19. The van der Waals surface area contributed by atoms with E-state index in [1.165, 1.54) is 0 Å². The second-order valence-corrected chi connectivity index (χ2v) is 4.46. The fourth-order valence-electron chi connectivity index (χ4n) is 2.02. The van der Waals surface area contributed by atoms with Crippen LogP contribution in [0.1, 0.15) is 21.5 Å². The van der Waals surface area contributed by atoms with Gasteiger partial charge in [0, 0.05) is 16.8 Å². The summed E-state index contributed by atoms with van der Waals surface area (Å²) in [6, 6.07) is 10.4. The number of rotatable bonds is 4. The lowest BCUT2D eigenvalue weighted by Crippen LogP contribution is -2.07. The Bertz CT molecular complexity index is 650. The molecule has 0 heterocycles. The summed E-state index contributed by atoms with van der Waals surface area (Å²) >= 11 is 0. The van der Waals surface area contributed by atoms with E-state index in [1.54, 1.807) is 44.6 Å². The van der Waals surface area contributed by atoms with Crippen molar-refractivity contribution < 1.29 is 14.3 Å². The summed E-state index contributed by atoms with van der Waals surface area (Å²) in [6.07, 6.45) is 0. The van der Waals surface area contributed by atoms with E-state index in [2.05, 4.69) is 0 Å². The van der Waals surface area contributed by atoms with E-state index in [4.69, 9.17) is 15.2 Å². The smallest absolute Gasteiger partial charge is 0.195 e. The van der Waals surface area contributed by atoms with Crippen LogP contribution in [0.2, 0.25) is 0 Å². The van der Waals surface area contributed by atoms with Gasteiger partial charge in [-0.05, 0) is 48.9 Å². The van der Waals surface area contributed by atoms with Crippen LogP contribution in [0.3, 0.4) is 0 Å². The van der Waals surface area contributed by atoms with Crippen molar-refractivity contribution in [3.8, 4) is 11.5 Å². The minimum Gasteiger partial charge on any atom is -0.497 e. The van der Waals surface area contributed by atoms with Crippen LogP contribution in [0.4, 0.5) is 5.69 Å². The van der Waals surface area contributed by atoms with Crippen molar-refractivity contribution in [2.75, 3.05) is 20.0 Å². The number of anilines is 1. The molecule has 2 N–H and O–H groups in total. The number of hydrogen-bond donors (Lipinski definition) is 1. The molecule has 20 heavy (non-hydrogen) atoms. The standard InChI is InChI=1S/C16H17NO3/c1-10-8-11(19-2)4-6-13(10)16(18)14-9-12(20-3)5-7-15(14)17/h4-9H,17H2,1-3H3. The molecule has 0 aliphatic rings. The van der Waals surface area contributed by atoms with E-state index < -0.39 is 0 Å². The third-order valence-electron chi connectivity index (χ3n) is 3.18. The highest BCUT2D eigenvalue weighted by atomic mass is 16.5. The van der Waals surface area contributed by atoms with Crippen molar-refractivity contribution in [1.82, 2.24) is 0 Å². The fourth-order valence-corrected chi connectivity index (χ4v) is 2.02. The summed E-state index contributed by atoms with van der Waals surface area (Å²) in [4.78, 5) is 12.6. The first-order valence-electron chi connectivity index (χ1n) is 6.19. The summed E-state index contributed by atoms with van der Waals surface area (Å²) in [5, 5.41) is 0. The number of benzene rings is 2. The first-order chi connectivity index (χ1) is 9.56. The van der Waals surface area contributed by atoms with Crippen LogP contribution in [-0.4, -0.2) is 20.0 Å². The fraction of sp³-hybridized carbons (Fsp3) is 0.188. The van der Waals surface area contributed by atoms with Gasteiger partial charge in [0.25, 0.3) is 0 Å². The van der Waals surface area contributed by atoms with E-state index in [0.29, 0.717) is 22.6 Å². The van der Waals surface area contributed by atoms with Crippen LogP contribution in [-0.2, 0) is 0 Å². The Balaban J connectivity index is 2.46. The summed E-state index contributed by atoms with van der Waals surface area (Å²) < 4.78 is 10.3. The van der Waals surface area contributed by atoms with Gasteiger partial charge in [0.05, 0.1) is 14.2 Å². The molecule has 0 aliphatic heterocycles. The van der Waals surface area contributed by atoms with Crippen molar-refractivity contribution in [2.45, 2.75) is 6.92 Å². The molecule has 0 saturated heterocycles. The minimum atomic E-state index is -0.124. The molecule has 0 spiro atoms. The van der Waals surface area contributed by atoms with E-state index in [1.807, 2.05) is 13.0 Å². The second-order valence-electron chi connectivity index (χ2n) is 4.46. The highest BCUT2D eigenvalue weighted by Crippen LogP contribution is 2.25. The largest absolute Gasteiger partial charge is 0.497 e. The minimum absolute atomic E-state index is 0.124. The predicted molar refractivity (Wildman–Crippen MR) is 78.6 cm³/mol. The van der Waals surface area contributed by atoms with Crippen molar-refractivity contribution in [3.05, 3.63) is 53.1 Å². The molecule has 0 radical (unpaired) electrons. The molecule has 0 aromatic heterocycles. The van der Waals surface area contributed by atoms with E-state index >= 15 is 0 Å². The third-order valence-corrected chi connectivity index (χ3v) is 3.18. The number of ketones is 1. The highest BCUT2D eigenvalue weighted by molar-refractivity contribution is 6.13. The Kier molecular flexibility index (Phi) is 3.94. The average Bonchev–Trinajstić information content (AvgIpc) is 2.47. The Hall–Kier alpha value is -2.49. The molecule has 0 saturated carbocycles. The number of nitrogen functional groups attached to an aromatic ring is 1. The molecular formula is C16H17NO3. The SMILES string of the molecule is COc1ccc(C(=O)c2cc(OC)ccc2N)c(C)c1. The number of carbonyl (C=O) groups excluding carboxylic acids is 1. The van der Waals surface area contributed by atoms with Gasteiger partial charge in [-0.15, -0.1) is 0 Å². The van der Waals surface area contributed by atoms with Crippen molar-refractivity contribution in [1.29, 1.82) is 0 Å². The third kappa shape index (κ3) is 2.59. The van der Waals surface area contributed by atoms with Gasteiger partial charge in [-0.3, -0.25) is 4.79 Å². The lowest BCUT2D eigenvalue weighted by molar-refractivity contribution is 0.103. The van der Waals surface area contributed by atoms with Crippen molar-refractivity contribution in [3.63, 3.8) is 0 Å². The topological polar surface area (TPSA) is 61.5 Å². The van der Waals surface area contributed by atoms with Crippen LogP contribution in [0.25, 0.3) is 0 Å². The maximum atomic E-state index is 12.6. The van der Waals surface area contributed by atoms with Gasteiger partial charge < -0.3 is 15.2 Å². The predicted octanol–water partition coefficient (Wildman–Crippen LogP) is 2.83. The van der Waals surface area contributed by atoms with Gasteiger partial charge in [-0.2, -0.15) is 0 Å². The Morgan fingerprint density at radius 1 is 0.950 bits per heavy atom. The van der Waals surface area contributed by atoms with Gasteiger partial charge in [-0.25, -0.2) is 0 Å². The molecule has 2 rings (SSSR count). The molecule has 0 unspecified atom stereocenters. The summed E-state index contributed by atoms with van der Waals surface area (Å²) in [5.74, 6) is 1.20. The van der Waals surface area contributed by atoms with Gasteiger partial charge in [0.1, 0.15) is 11.5 Å². The van der Waals surface area contributed by atoms with Crippen LogP contribution < -0.4 is 15.2 Å². The molecule has 0 aliphatic carbocycles. The van der Waals surface area contributed by atoms with Gasteiger partial charge >= 0.3 is 0 Å². The monoisotopic (exact) mass is 271 g/mol. The molecule has 0 bridgehead atoms. The normalized spacial score (nSPS) is 10.2. The number of methoxy groups -OCH3 is 2. The molecule has 0 fully saturated rings. The number of hydrogen-bond acceptors (Lipinski definition) is 4. The summed E-state index contributed by atoms with van der Waals surface area (Å²) in [7, 11) is 3.15. The Morgan fingerprint density at radius 3 is 2.15 bits per heavy atom. The zero-order chi connectivity index (χ0) is 14.7. The molecule has 4 nitrogen and oxygen atoms in total. The first kappa shape index (κ1) is 13.9. The van der Waals surface area contributed by atoms with Gasteiger partial charge in [-0.1, -0.05) is 0 Å². The summed E-state index contributed by atoms with van der Waals surface area (Å²) in [5.41, 5.74) is 8.21. The molecular weight excluding hydrogens is 254 g/mol. The van der Waals surface area contributed by atoms with Gasteiger partial charge in [0.2, 0.25) is 0 Å². The quantitative estimate of drug-likeness (QED) is 0.686. The molecule has 2 aromatic rings. The van der Waals surface area contributed by atoms with Crippen LogP contribution in [0.15, 0.2) is 36.4 Å². The van der Waals surface area contributed by atoms with E-state index in [-0.39, 0.29) is 5.78 Å². The maximum absolute atomic E-state index is 12.6. The van der Waals surface area contributed by atoms with E-state index in [9.17, 15) is 4.79 Å². The lowest BCUT2D eigenvalue weighted by atomic mass is 9.97. The molecule has 104 valence electrons. The van der Waals surface area contributed by atoms with E-state index in [0.717, 1.165) is 11.3 Å². The van der Waals surface area contributed by atoms with Crippen molar-refractivity contribution >= 4 is 11.5 Å². The molecule has 0 amide bonds. The number of aryl methyl sites for hydroxylation is 1. The van der Waals surface area contributed by atoms with Crippen LogP contribution >= 0.6 is 0 Å². The Labute approximate surface area is 118 Å². The van der Waals surface area contributed by atoms with Crippen molar-refractivity contribution in [2.24, 2.45) is 0 Å². The number of ether oxygens (including phenoxy) is 2. The number of carbonyl (C=O) groups is 1. The highest BCUT2D eigenvalue weighted by Gasteiger charge is 2.16. The summed E-state index contributed by atoms with van der Waals surface area (Å²) in [6.45, 7) is 1.87. The molecule has 2 aromatic carbocycles. The average molecular weight is 271 g/mol. The Morgan fingerprint density at radius 2 is 1.55 bits per heavy atom. The maximum Gasteiger partial charge on any atom is 0.195 e. The number of nitrogens with two attached hydrogens (primary N) is 1.